The zero-order chi connectivity index (χ0) is 19.4. The highest BCUT2D eigenvalue weighted by Gasteiger charge is 2.24. The van der Waals surface area contributed by atoms with E-state index >= 15 is 0 Å². The third kappa shape index (κ3) is 4.16. The van der Waals surface area contributed by atoms with Crippen LogP contribution in [-0.2, 0) is 4.79 Å². The van der Waals surface area contributed by atoms with E-state index in [1.165, 1.54) is 35.1 Å². The van der Waals surface area contributed by atoms with Crippen molar-refractivity contribution in [2.75, 3.05) is 37.7 Å². The van der Waals surface area contributed by atoms with Gasteiger partial charge in [-0.2, -0.15) is 0 Å². The summed E-state index contributed by atoms with van der Waals surface area (Å²) in [4.78, 5) is 30.4. The highest BCUT2D eigenvalue weighted by Crippen LogP contribution is 2.25. The predicted molar refractivity (Wildman–Crippen MR) is 101 cm³/mol. The minimum Gasteiger partial charge on any atom is -0.476 e. The maximum atomic E-state index is 12.4. The Morgan fingerprint density at radius 1 is 1.19 bits per heavy atom. The smallest absolute Gasteiger partial charge is 0.406 e. The lowest BCUT2D eigenvalue weighted by atomic mass is 10.1. The van der Waals surface area contributed by atoms with Crippen LogP contribution in [0.4, 0.5) is 11.5 Å². The molecule has 1 amide bonds. The van der Waals surface area contributed by atoms with Crippen LogP contribution >= 0.6 is 0 Å². The van der Waals surface area contributed by atoms with E-state index in [1.807, 2.05) is 6.07 Å². The van der Waals surface area contributed by atoms with Crippen molar-refractivity contribution in [3.8, 4) is 5.75 Å². The quantitative estimate of drug-likeness (QED) is 0.593. The number of piperazine rings is 1. The molecule has 1 aromatic carbocycles. The first kappa shape index (κ1) is 18.6. The number of ether oxygens (including phenoxy) is 1. The number of nitrogens with zero attached hydrogens (tertiary/aromatic N) is 4. The van der Waals surface area contributed by atoms with Crippen LogP contribution in [0.1, 0.15) is 11.1 Å². The van der Waals surface area contributed by atoms with Crippen molar-refractivity contribution in [3.63, 3.8) is 0 Å². The molecule has 1 aliphatic rings. The van der Waals surface area contributed by atoms with Gasteiger partial charge in [-0.05, 0) is 53.1 Å². The number of amides is 1. The number of pyridine rings is 1. The molecule has 1 aromatic heterocycles. The second kappa shape index (κ2) is 8.03. The summed E-state index contributed by atoms with van der Waals surface area (Å²) in [6.45, 7) is 6.61. The van der Waals surface area contributed by atoms with Crippen molar-refractivity contribution in [2.45, 2.75) is 13.8 Å². The highest BCUT2D eigenvalue weighted by molar-refractivity contribution is 5.78. The Kier molecular flexibility index (Phi) is 5.54. The Labute approximate surface area is 157 Å². The lowest BCUT2D eigenvalue weighted by Gasteiger charge is -2.37. The van der Waals surface area contributed by atoms with E-state index in [9.17, 15) is 14.9 Å². The molecule has 0 unspecified atom stereocenters. The van der Waals surface area contributed by atoms with Crippen LogP contribution in [0.5, 0.6) is 5.75 Å². The topological polar surface area (TPSA) is 88.8 Å². The number of hydrogen-bond acceptors (Lipinski definition) is 6. The van der Waals surface area contributed by atoms with Crippen molar-refractivity contribution in [1.82, 2.24) is 9.88 Å². The van der Waals surface area contributed by atoms with Crippen LogP contribution in [-0.4, -0.2) is 53.5 Å². The van der Waals surface area contributed by atoms with Gasteiger partial charge in [-0.15, -0.1) is 0 Å². The van der Waals surface area contributed by atoms with Crippen molar-refractivity contribution < 1.29 is 14.5 Å². The number of carbonyl (C=O) groups is 1. The average molecular weight is 370 g/mol. The molecule has 3 rings (SSSR count). The minimum absolute atomic E-state index is 0.00451. The maximum Gasteiger partial charge on any atom is 0.406 e. The Morgan fingerprint density at radius 2 is 1.93 bits per heavy atom. The van der Waals surface area contributed by atoms with Gasteiger partial charge in [0.25, 0.3) is 5.91 Å². The number of aryl methyl sites for hydroxylation is 1. The molecule has 1 saturated heterocycles. The summed E-state index contributed by atoms with van der Waals surface area (Å²) in [5.74, 6) is -0.566. The second-order valence-electron chi connectivity index (χ2n) is 6.46. The van der Waals surface area contributed by atoms with Gasteiger partial charge in [0.05, 0.1) is 0 Å². The molecule has 1 aliphatic heterocycles. The molecule has 8 nitrogen and oxygen atoms in total. The molecular formula is C19H22N4O4. The maximum absolute atomic E-state index is 12.4. The van der Waals surface area contributed by atoms with Gasteiger partial charge >= 0.3 is 5.82 Å². The van der Waals surface area contributed by atoms with Gasteiger partial charge in [-0.25, -0.2) is 0 Å². The first-order valence-electron chi connectivity index (χ1n) is 8.78. The van der Waals surface area contributed by atoms with Gasteiger partial charge < -0.3 is 24.7 Å². The third-order valence-electron chi connectivity index (χ3n) is 4.82. The number of aromatic nitrogens is 1. The molecule has 0 saturated carbocycles. The van der Waals surface area contributed by atoms with Gasteiger partial charge in [0.15, 0.2) is 6.61 Å². The Balaban J connectivity index is 1.56. The lowest BCUT2D eigenvalue weighted by molar-refractivity contribution is -0.390. The number of hydrogen-bond donors (Lipinski definition) is 0. The van der Waals surface area contributed by atoms with Gasteiger partial charge in [0, 0.05) is 31.9 Å². The molecule has 0 aliphatic carbocycles. The Morgan fingerprint density at radius 3 is 2.63 bits per heavy atom. The minimum atomic E-state index is -0.622. The first-order chi connectivity index (χ1) is 13.0. The summed E-state index contributed by atoms with van der Waals surface area (Å²) < 4.78 is 5.35. The van der Waals surface area contributed by atoms with E-state index in [-0.39, 0.29) is 24.1 Å². The van der Waals surface area contributed by atoms with Crippen molar-refractivity contribution in [2.24, 2.45) is 0 Å². The summed E-state index contributed by atoms with van der Waals surface area (Å²) in [6.07, 6.45) is 1.32. The molecule has 142 valence electrons. The first-order valence-corrected chi connectivity index (χ1v) is 8.78. The Hall–Kier alpha value is -3.16. The van der Waals surface area contributed by atoms with Gasteiger partial charge in [-0.1, -0.05) is 12.1 Å². The molecule has 0 bridgehead atoms. The number of nitro groups is 1. The summed E-state index contributed by atoms with van der Waals surface area (Å²) in [5, 5.41) is 11.0. The number of rotatable bonds is 5. The van der Waals surface area contributed by atoms with Crippen LogP contribution in [0, 0.1) is 24.0 Å². The van der Waals surface area contributed by atoms with E-state index in [4.69, 9.17) is 4.74 Å². The Bertz CT molecular complexity index is 847. The fourth-order valence-corrected chi connectivity index (χ4v) is 3.14. The molecular weight excluding hydrogens is 348 g/mol. The molecule has 1 fully saturated rings. The van der Waals surface area contributed by atoms with Crippen LogP contribution < -0.4 is 9.64 Å². The molecule has 27 heavy (non-hydrogen) atoms. The molecule has 0 N–H and O–H groups in total. The highest BCUT2D eigenvalue weighted by atomic mass is 16.6. The fraction of sp³-hybridized carbons (Fsp3) is 0.368. The number of carbonyl (C=O) groups excluding carboxylic acids is 1. The largest absolute Gasteiger partial charge is 0.476 e. The fourth-order valence-electron chi connectivity index (χ4n) is 3.14. The molecule has 0 radical (unpaired) electrons. The average Bonchev–Trinajstić information content (AvgIpc) is 2.68. The van der Waals surface area contributed by atoms with Crippen LogP contribution in [0.15, 0.2) is 36.5 Å². The normalized spacial score (nSPS) is 14.1. The lowest BCUT2D eigenvalue weighted by Crippen LogP contribution is -2.50. The van der Waals surface area contributed by atoms with E-state index in [0.717, 1.165) is 13.1 Å². The van der Waals surface area contributed by atoms with Gasteiger partial charge in [-0.3, -0.25) is 4.79 Å². The molecule has 0 spiro atoms. The van der Waals surface area contributed by atoms with Crippen molar-refractivity contribution in [1.29, 1.82) is 0 Å². The standard InChI is InChI=1S/C19H22N4O4/c1-14-5-3-6-16(15(14)2)21-9-11-22(12-10-21)18(24)13-27-17-7-4-8-20-19(17)23(25)26/h3-8H,9-13H2,1-2H3. The molecule has 0 atom stereocenters. The monoisotopic (exact) mass is 370 g/mol. The van der Waals surface area contributed by atoms with Gasteiger partial charge in [0.2, 0.25) is 5.75 Å². The summed E-state index contributed by atoms with van der Waals surface area (Å²) in [5.41, 5.74) is 3.70. The van der Waals surface area contributed by atoms with E-state index in [0.29, 0.717) is 13.1 Å². The predicted octanol–water partition coefficient (Wildman–Crippen LogP) is 2.33. The van der Waals surface area contributed by atoms with Crippen molar-refractivity contribution in [3.05, 3.63) is 57.8 Å². The van der Waals surface area contributed by atoms with E-state index < -0.39 is 4.92 Å². The number of anilines is 1. The molecule has 2 heterocycles. The summed E-state index contributed by atoms with van der Waals surface area (Å²) in [7, 11) is 0. The van der Waals surface area contributed by atoms with Crippen LogP contribution in [0.3, 0.4) is 0 Å². The zero-order valence-corrected chi connectivity index (χ0v) is 15.4. The SMILES string of the molecule is Cc1cccc(N2CCN(C(=O)COc3cccnc3[N+](=O)[O-])CC2)c1C. The second-order valence-corrected chi connectivity index (χ2v) is 6.46. The summed E-state index contributed by atoms with van der Waals surface area (Å²) in [6, 6.07) is 9.22. The summed E-state index contributed by atoms with van der Waals surface area (Å²) >= 11 is 0. The van der Waals surface area contributed by atoms with Crippen molar-refractivity contribution >= 4 is 17.4 Å². The van der Waals surface area contributed by atoms with Crippen LogP contribution in [0.25, 0.3) is 0 Å². The zero-order valence-electron chi connectivity index (χ0n) is 15.4. The molecule has 2 aromatic rings. The van der Waals surface area contributed by atoms with E-state index in [2.05, 4.69) is 35.9 Å². The number of benzene rings is 1. The molecule has 8 heteroatoms. The van der Waals surface area contributed by atoms with Crippen LogP contribution in [0.2, 0.25) is 0 Å². The third-order valence-corrected chi connectivity index (χ3v) is 4.82. The van der Waals surface area contributed by atoms with Gasteiger partial charge in [0.1, 0.15) is 6.20 Å². The van der Waals surface area contributed by atoms with E-state index in [1.54, 1.807) is 4.90 Å².